The maximum atomic E-state index is 13.5. The molecule has 1 aliphatic carbocycles. The lowest BCUT2D eigenvalue weighted by atomic mass is 9.85. The van der Waals surface area contributed by atoms with E-state index in [9.17, 15) is 4.79 Å². The van der Waals surface area contributed by atoms with Crippen LogP contribution in [-0.2, 0) is 4.74 Å². The number of ether oxygens (including phenoxy) is 1. The van der Waals surface area contributed by atoms with Crippen LogP contribution in [0.15, 0.2) is 12.1 Å². The van der Waals surface area contributed by atoms with Crippen LogP contribution in [0.2, 0.25) is 0 Å². The van der Waals surface area contributed by atoms with Gasteiger partial charge in [0.25, 0.3) is 5.91 Å². The predicted octanol–water partition coefficient (Wildman–Crippen LogP) is 4.51. The number of carbonyl (C=O) groups excluding carboxylic acids is 1. The highest BCUT2D eigenvalue weighted by Gasteiger charge is 2.30. The zero-order valence-electron chi connectivity index (χ0n) is 16.2. The summed E-state index contributed by atoms with van der Waals surface area (Å²) in [6.45, 7) is 8.72. The number of carbonyl (C=O) groups is 1. The van der Waals surface area contributed by atoms with Crippen molar-refractivity contribution in [3.8, 4) is 0 Å². The molecule has 1 atom stereocenters. The number of fused-ring (bicyclic) bond motifs is 1. The highest BCUT2D eigenvalue weighted by molar-refractivity contribution is 6.02. The maximum Gasteiger partial charge on any atom is 0.270 e. The summed E-state index contributed by atoms with van der Waals surface area (Å²) in [7, 11) is 0. The Bertz CT molecular complexity index is 813. The first-order valence-corrected chi connectivity index (χ1v) is 10.0. The molecule has 1 aliphatic heterocycles. The van der Waals surface area contributed by atoms with Gasteiger partial charge in [0.15, 0.2) is 0 Å². The Morgan fingerprint density at radius 2 is 1.88 bits per heavy atom. The minimum Gasteiger partial charge on any atom is -0.376 e. The minimum atomic E-state index is 0.139. The van der Waals surface area contributed by atoms with Crippen LogP contribution in [0.3, 0.4) is 0 Å². The lowest BCUT2D eigenvalue weighted by molar-refractivity contribution is 0.0444. The van der Waals surface area contributed by atoms with Gasteiger partial charge < -0.3 is 14.6 Å². The van der Waals surface area contributed by atoms with Gasteiger partial charge in [0, 0.05) is 30.6 Å². The molecule has 0 bridgehead atoms. The third-order valence-corrected chi connectivity index (χ3v) is 6.27. The van der Waals surface area contributed by atoms with E-state index in [4.69, 9.17) is 4.74 Å². The van der Waals surface area contributed by atoms with E-state index in [-0.39, 0.29) is 12.0 Å². The van der Waals surface area contributed by atoms with Gasteiger partial charge in [0.1, 0.15) is 5.69 Å². The Hall–Kier alpha value is -1.81. The summed E-state index contributed by atoms with van der Waals surface area (Å²) in [6, 6.07) is 4.27. The first kappa shape index (κ1) is 17.6. The van der Waals surface area contributed by atoms with E-state index in [1.54, 1.807) is 0 Å². The zero-order valence-corrected chi connectivity index (χ0v) is 16.2. The fourth-order valence-corrected chi connectivity index (χ4v) is 4.43. The van der Waals surface area contributed by atoms with Crippen molar-refractivity contribution in [1.82, 2.24) is 9.88 Å². The summed E-state index contributed by atoms with van der Waals surface area (Å²) in [6.07, 6.45) is 6.18. The second kappa shape index (κ2) is 7.07. The lowest BCUT2D eigenvalue weighted by Gasteiger charge is -2.33. The zero-order chi connectivity index (χ0) is 18.3. The predicted molar refractivity (Wildman–Crippen MR) is 105 cm³/mol. The number of benzene rings is 1. The van der Waals surface area contributed by atoms with Crippen molar-refractivity contribution in [2.45, 2.75) is 59.0 Å². The molecule has 1 aromatic heterocycles. The quantitative estimate of drug-likeness (QED) is 0.858. The van der Waals surface area contributed by atoms with Gasteiger partial charge in [-0.25, -0.2) is 0 Å². The molecular formula is C22H30N2O2. The standard InChI is InChI=1S/C22H30N2O2/c1-14-9-10-15(2)20-19(14)16(3)21(23-20)22(25)24(12-17-6-4-7-17)13-18-8-5-11-26-18/h9-10,17-18,23H,4-8,11-13H2,1-3H3. The van der Waals surface area contributed by atoms with Crippen molar-refractivity contribution in [1.29, 1.82) is 0 Å². The largest absolute Gasteiger partial charge is 0.376 e. The highest BCUT2D eigenvalue weighted by atomic mass is 16.5. The Morgan fingerprint density at radius 3 is 2.50 bits per heavy atom. The van der Waals surface area contributed by atoms with Crippen molar-refractivity contribution in [3.63, 3.8) is 0 Å². The Morgan fingerprint density at radius 1 is 1.12 bits per heavy atom. The second-order valence-electron chi connectivity index (χ2n) is 8.22. The van der Waals surface area contributed by atoms with Crippen molar-refractivity contribution in [2.24, 2.45) is 5.92 Å². The summed E-state index contributed by atoms with van der Waals surface area (Å²) in [5, 5.41) is 1.20. The number of aromatic amines is 1. The number of nitrogens with one attached hydrogen (secondary N) is 1. The average Bonchev–Trinajstić information content (AvgIpc) is 3.21. The fourth-order valence-electron chi connectivity index (χ4n) is 4.43. The normalized spacial score (nSPS) is 20.5. The number of amides is 1. The van der Waals surface area contributed by atoms with Gasteiger partial charge in [0.05, 0.1) is 6.10 Å². The number of hydrogen-bond donors (Lipinski definition) is 1. The molecule has 4 heteroatoms. The van der Waals surface area contributed by atoms with E-state index in [2.05, 4.69) is 42.8 Å². The summed E-state index contributed by atoms with van der Waals surface area (Å²) < 4.78 is 5.83. The van der Waals surface area contributed by atoms with Crippen molar-refractivity contribution < 1.29 is 9.53 Å². The van der Waals surface area contributed by atoms with Gasteiger partial charge in [-0.3, -0.25) is 4.79 Å². The molecule has 2 aromatic rings. The van der Waals surface area contributed by atoms with E-state index in [1.165, 1.54) is 35.8 Å². The first-order chi connectivity index (χ1) is 12.5. The molecule has 140 valence electrons. The summed E-state index contributed by atoms with van der Waals surface area (Å²) in [5.41, 5.74) is 5.36. The highest BCUT2D eigenvalue weighted by Crippen LogP contribution is 2.31. The monoisotopic (exact) mass is 354 g/mol. The molecule has 1 amide bonds. The molecule has 1 N–H and O–H groups in total. The number of hydrogen-bond acceptors (Lipinski definition) is 2. The van der Waals surface area contributed by atoms with Crippen molar-refractivity contribution >= 4 is 16.8 Å². The van der Waals surface area contributed by atoms with E-state index in [0.29, 0.717) is 5.92 Å². The molecule has 1 aromatic carbocycles. The van der Waals surface area contributed by atoms with Gasteiger partial charge in [-0.05, 0) is 69.1 Å². The number of aromatic nitrogens is 1. The van der Waals surface area contributed by atoms with Gasteiger partial charge in [-0.2, -0.15) is 0 Å². The maximum absolute atomic E-state index is 13.5. The molecule has 1 saturated heterocycles. The van der Waals surface area contributed by atoms with Gasteiger partial charge in [-0.15, -0.1) is 0 Å². The molecule has 1 unspecified atom stereocenters. The molecule has 26 heavy (non-hydrogen) atoms. The third-order valence-electron chi connectivity index (χ3n) is 6.27. The van der Waals surface area contributed by atoms with Crippen LogP contribution in [0.4, 0.5) is 0 Å². The lowest BCUT2D eigenvalue weighted by Crippen LogP contribution is -2.42. The van der Waals surface area contributed by atoms with E-state index >= 15 is 0 Å². The summed E-state index contributed by atoms with van der Waals surface area (Å²) >= 11 is 0. The number of aryl methyl sites for hydroxylation is 3. The van der Waals surface area contributed by atoms with E-state index < -0.39 is 0 Å². The molecular weight excluding hydrogens is 324 g/mol. The SMILES string of the molecule is Cc1ccc(C)c2c(C)c(C(=O)N(CC3CCC3)CC3CCCO3)[nH]c12. The smallest absolute Gasteiger partial charge is 0.270 e. The van der Waals surface area contributed by atoms with Gasteiger partial charge in [-0.1, -0.05) is 18.6 Å². The van der Waals surface area contributed by atoms with Crippen LogP contribution < -0.4 is 0 Å². The molecule has 0 radical (unpaired) electrons. The average molecular weight is 354 g/mol. The minimum absolute atomic E-state index is 0.139. The number of rotatable bonds is 5. The summed E-state index contributed by atoms with van der Waals surface area (Å²) in [4.78, 5) is 19.0. The van der Waals surface area contributed by atoms with E-state index in [0.717, 1.165) is 49.3 Å². The Labute approximate surface area is 155 Å². The van der Waals surface area contributed by atoms with Crippen LogP contribution in [0, 0.1) is 26.7 Å². The van der Waals surface area contributed by atoms with Crippen molar-refractivity contribution in [2.75, 3.05) is 19.7 Å². The topological polar surface area (TPSA) is 45.3 Å². The molecule has 1 saturated carbocycles. The van der Waals surface area contributed by atoms with Gasteiger partial charge in [0.2, 0.25) is 0 Å². The number of nitrogens with zero attached hydrogens (tertiary/aromatic N) is 1. The first-order valence-electron chi connectivity index (χ1n) is 10.0. The van der Waals surface area contributed by atoms with Crippen LogP contribution in [0.25, 0.3) is 10.9 Å². The van der Waals surface area contributed by atoms with Crippen LogP contribution >= 0.6 is 0 Å². The third kappa shape index (κ3) is 3.16. The molecule has 2 heterocycles. The van der Waals surface area contributed by atoms with Crippen molar-refractivity contribution in [3.05, 3.63) is 34.5 Å². The van der Waals surface area contributed by atoms with E-state index in [1.807, 2.05) is 0 Å². The number of H-pyrrole nitrogens is 1. The molecule has 4 rings (SSSR count). The van der Waals surface area contributed by atoms with Crippen LogP contribution in [-0.4, -0.2) is 41.6 Å². The summed E-state index contributed by atoms with van der Waals surface area (Å²) in [5.74, 6) is 0.799. The second-order valence-corrected chi connectivity index (χ2v) is 8.22. The Kier molecular flexibility index (Phi) is 4.78. The fraction of sp³-hybridized carbons (Fsp3) is 0.591. The van der Waals surface area contributed by atoms with Crippen LogP contribution in [0.5, 0.6) is 0 Å². The molecule has 2 fully saturated rings. The van der Waals surface area contributed by atoms with Crippen LogP contribution in [0.1, 0.15) is 59.3 Å². The molecule has 2 aliphatic rings. The van der Waals surface area contributed by atoms with Gasteiger partial charge >= 0.3 is 0 Å². The Balaban J connectivity index is 1.65. The molecule has 4 nitrogen and oxygen atoms in total. The molecule has 0 spiro atoms.